The molecule has 0 saturated carbocycles. The summed E-state index contributed by atoms with van der Waals surface area (Å²) < 4.78 is 8.23. The molecule has 1 aromatic heterocycles. The van der Waals surface area contributed by atoms with E-state index in [-0.39, 0.29) is 5.91 Å². The van der Waals surface area contributed by atoms with Gasteiger partial charge in [-0.15, -0.1) is 0 Å². The molecule has 2 heterocycles. The summed E-state index contributed by atoms with van der Waals surface area (Å²) in [6.07, 6.45) is 7.77. The maximum atomic E-state index is 13.1. The number of rotatable bonds is 10. The molecule has 182 valence electrons. The molecule has 0 spiro atoms. The molecule has 1 amide bonds. The van der Waals surface area contributed by atoms with Crippen LogP contribution >= 0.6 is 35.6 Å². The van der Waals surface area contributed by atoms with Gasteiger partial charge in [0.1, 0.15) is 15.8 Å². The number of para-hydroxylation sites is 1. The van der Waals surface area contributed by atoms with E-state index in [1.165, 1.54) is 11.8 Å². The zero-order valence-corrected chi connectivity index (χ0v) is 22.3. The number of hydrogen-bond acceptors (Lipinski definition) is 5. The number of carbonyl (C=O) groups is 1. The molecular weight excluding hydrogens is 498 g/mol. The van der Waals surface area contributed by atoms with Gasteiger partial charge < -0.3 is 4.74 Å². The molecule has 0 atom stereocenters. The predicted octanol–water partition coefficient (Wildman–Crippen LogP) is 7.37. The number of thiocarbonyl (C=S) groups is 1. The molecule has 2 aromatic carbocycles. The van der Waals surface area contributed by atoms with Crippen molar-refractivity contribution in [1.29, 1.82) is 0 Å². The van der Waals surface area contributed by atoms with Crippen molar-refractivity contribution in [2.24, 2.45) is 0 Å². The fourth-order valence-corrected chi connectivity index (χ4v) is 5.21. The minimum absolute atomic E-state index is 0.0513. The van der Waals surface area contributed by atoms with Gasteiger partial charge in [-0.25, -0.2) is 4.68 Å². The highest BCUT2D eigenvalue weighted by Crippen LogP contribution is 2.36. The van der Waals surface area contributed by atoms with Crippen molar-refractivity contribution >= 4 is 51.9 Å². The Morgan fingerprint density at radius 3 is 2.60 bits per heavy atom. The third-order valence-electron chi connectivity index (χ3n) is 5.62. The molecule has 0 bridgehead atoms. The Bertz CT molecular complexity index is 1240. The number of nitrogens with zero attached hydrogens (tertiary/aromatic N) is 3. The fraction of sp³-hybridized carbons (Fsp3) is 0.296. The lowest BCUT2D eigenvalue weighted by molar-refractivity contribution is -0.122. The highest BCUT2D eigenvalue weighted by atomic mass is 35.5. The minimum atomic E-state index is -0.0513. The van der Waals surface area contributed by atoms with Gasteiger partial charge in [0.15, 0.2) is 0 Å². The number of carbonyl (C=O) groups excluding carboxylic acids is 1. The van der Waals surface area contributed by atoms with Crippen molar-refractivity contribution in [3.63, 3.8) is 0 Å². The third kappa shape index (κ3) is 5.97. The smallest absolute Gasteiger partial charge is 0.266 e. The normalized spacial score (nSPS) is 14.8. The van der Waals surface area contributed by atoms with Crippen LogP contribution in [-0.2, 0) is 4.79 Å². The second-order valence-electron chi connectivity index (χ2n) is 8.25. The summed E-state index contributed by atoms with van der Waals surface area (Å²) in [4.78, 5) is 15.4. The van der Waals surface area contributed by atoms with Gasteiger partial charge in [-0.3, -0.25) is 9.69 Å². The van der Waals surface area contributed by atoms with Crippen LogP contribution < -0.4 is 4.74 Å². The Labute approximate surface area is 221 Å². The van der Waals surface area contributed by atoms with Crippen LogP contribution in [0.5, 0.6) is 5.75 Å². The van der Waals surface area contributed by atoms with E-state index in [1.54, 1.807) is 4.90 Å². The van der Waals surface area contributed by atoms with Gasteiger partial charge in [0, 0.05) is 23.9 Å². The summed E-state index contributed by atoms with van der Waals surface area (Å²) >= 11 is 13.4. The molecule has 1 aliphatic rings. The number of unbranched alkanes of at least 4 members (excludes halogenated alkanes) is 2. The number of hydrogen-bond donors (Lipinski definition) is 0. The van der Waals surface area contributed by atoms with Crippen LogP contribution in [0.4, 0.5) is 0 Å². The van der Waals surface area contributed by atoms with Crippen LogP contribution in [0.1, 0.15) is 45.1 Å². The van der Waals surface area contributed by atoms with Crippen molar-refractivity contribution in [3.8, 4) is 22.7 Å². The van der Waals surface area contributed by atoms with E-state index in [2.05, 4.69) is 13.8 Å². The van der Waals surface area contributed by atoms with E-state index in [4.69, 9.17) is 33.7 Å². The highest BCUT2D eigenvalue weighted by molar-refractivity contribution is 8.26. The van der Waals surface area contributed by atoms with Crippen LogP contribution in [0.15, 0.2) is 59.6 Å². The molecule has 0 unspecified atom stereocenters. The molecule has 0 radical (unpaired) electrons. The Kier molecular flexibility index (Phi) is 8.65. The molecule has 1 aliphatic heterocycles. The van der Waals surface area contributed by atoms with Crippen molar-refractivity contribution in [3.05, 3.63) is 70.2 Å². The predicted molar refractivity (Wildman–Crippen MR) is 149 cm³/mol. The largest absolute Gasteiger partial charge is 0.492 e. The van der Waals surface area contributed by atoms with E-state index in [0.29, 0.717) is 33.1 Å². The number of aromatic nitrogens is 2. The van der Waals surface area contributed by atoms with Gasteiger partial charge >= 0.3 is 0 Å². The van der Waals surface area contributed by atoms with Crippen molar-refractivity contribution < 1.29 is 9.53 Å². The van der Waals surface area contributed by atoms with E-state index >= 15 is 0 Å². The van der Waals surface area contributed by atoms with E-state index < -0.39 is 0 Å². The first kappa shape index (κ1) is 25.5. The Hall–Kier alpha value is -2.61. The topological polar surface area (TPSA) is 47.4 Å². The number of ether oxygens (including phenoxy) is 1. The molecule has 1 fully saturated rings. The van der Waals surface area contributed by atoms with E-state index in [0.717, 1.165) is 48.2 Å². The van der Waals surface area contributed by atoms with Crippen LogP contribution in [0.3, 0.4) is 0 Å². The first-order valence-electron chi connectivity index (χ1n) is 11.8. The zero-order valence-electron chi connectivity index (χ0n) is 19.9. The Morgan fingerprint density at radius 1 is 1.11 bits per heavy atom. The SMILES string of the molecule is CCCCOc1ccc(-c2nn(-c3ccccc3)cc2C=C2SC(=S)N(CCCC)C2=O)cc1Cl. The monoisotopic (exact) mass is 525 g/mol. The van der Waals surface area contributed by atoms with E-state index in [9.17, 15) is 4.79 Å². The maximum Gasteiger partial charge on any atom is 0.266 e. The first-order valence-corrected chi connectivity index (χ1v) is 13.4. The highest BCUT2D eigenvalue weighted by Gasteiger charge is 2.32. The number of benzene rings is 2. The average Bonchev–Trinajstić information content (AvgIpc) is 3.40. The number of amides is 1. The van der Waals surface area contributed by atoms with Crippen LogP contribution in [-0.4, -0.2) is 38.1 Å². The standard InChI is InChI=1S/C27H28ClN3O2S2/c1-3-5-14-30-26(32)24(35-27(30)34)17-20-18-31(21-10-8-7-9-11-21)29-25(20)19-12-13-23(22(28)16-19)33-15-6-4-2/h7-13,16-18H,3-6,14-15H2,1-2H3. The maximum absolute atomic E-state index is 13.1. The van der Waals surface area contributed by atoms with Gasteiger partial charge in [-0.1, -0.05) is 80.5 Å². The molecular formula is C27H28ClN3O2S2. The molecule has 4 rings (SSSR count). The van der Waals surface area contributed by atoms with Crippen LogP contribution in [0.2, 0.25) is 5.02 Å². The number of thioether (sulfide) groups is 1. The quantitative estimate of drug-likeness (QED) is 0.157. The summed E-state index contributed by atoms with van der Waals surface area (Å²) in [7, 11) is 0. The van der Waals surface area contributed by atoms with Gasteiger partial charge in [0.05, 0.1) is 22.2 Å². The molecule has 0 N–H and O–H groups in total. The van der Waals surface area contributed by atoms with Gasteiger partial charge in [0.2, 0.25) is 0 Å². The summed E-state index contributed by atoms with van der Waals surface area (Å²) in [5.41, 5.74) is 3.32. The van der Waals surface area contributed by atoms with E-state index in [1.807, 2.05) is 65.5 Å². The lowest BCUT2D eigenvalue weighted by atomic mass is 10.1. The molecule has 3 aromatic rings. The van der Waals surface area contributed by atoms with Crippen molar-refractivity contribution in [2.45, 2.75) is 39.5 Å². The average molecular weight is 526 g/mol. The summed E-state index contributed by atoms with van der Waals surface area (Å²) in [6.45, 7) is 5.49. The lowest BCUT2D eigenvalue weighted by Gasteiger charge is -2.13. The Balaban J connectivity index is 1.72. The first-order chi connectivity index (χ1) is 17.0. The Morgan fingerprint density at radius 2 is 1.89 bits per heavy atom. The number of halogens is 1. The van der Waals surface area contributed by atoms with Crippen molar-refractivity contribution in [2.75, 3.05) is 13.2 Å². The van der Waals surface area contributed by atoms with Gasteiger partial charge in [-0.2, -0.15) is 5.10 Å². The fourth-order valence-electron chi connectivity index (χ4n) is 3.67. The third-order valence-corrected chi connectivity index (χ3v) is 7.29. The summed E-state index contributed by atoms with van der Waals surface area (Å²) in [6, 6.07) is 15.6. The minimum Gasteiger partial charge on any atom is -0.492 e. The summed E-state index contributed by atoms with van der Waals surface area (Å²) in [5, 5.41) is 5.39. The summed E-state index contributed by atoms with van der Waals surface area (Å²) in [5.74, 6) is 0.606. The van der Waals surface area contributed by atoms with Crippen molar-refractivity contribution in [1.82, 2.24) is 14.7 Å². The lowest BCUT2D eigenvalue weighted by Crippen LogP contribution is -2.28. The van der Waals surface area contributed by atoms with Crippen LogP contribution in [0.25, 0.3) is 23.0 Å². The molecule has 5 nitrogen and oxygen atoms in total. The molecule has 0 aliphatic carbocycles. The molecule has 8 heteroatoms. The van der Waals surface area contributed by atoms with Crippen LogP contribution in [0, 0.1) is 0 Å². The second-order valence-corrected chi connectivity index (χ2v) is 10.3. The second kappa shape index (κ2) is 11.9. The zero-order chi connectivity index (χ0) is 24.8. The van der Waals surface area contributed by atoms with Gasteiger partial charge in [-0.05, 0) is 49.2 Å². The van der Waals surface area contributed by atoms with Gasteiger partial charge in [0.25, 0.3) is 5.91 Å². The molecule has 1 saturated heterocycles. The molecule has 35 heavy (non-hydrogen) atoms.